The van der Waals surface area contributed by atoms with Crippen LogP contribution in [0.15, 0.2) is 72.2 Å². The van der Waals surface area contributed by atoms with E-state index >= 15 is 0 Å². The van der Waals surface area contributed by atoms with Gasteiger partial charge in [0.25, 0.3) is 11.8 Å². The second-order valence-corrected chi connectivity index (χ2v) is 11.6. The van der Waals surface area contributed by atoms with Crippen LogP contribution in [-0.4, -0.2) is 53.5 Å². The number of fused-ring (bicyclic) bond motifs is 1. The topological polar surface area (TPSA) is 74.8 Å². The van der Waals surface area contributed by atoms with Gasteiger partial charge in [0.1, 0.15) is 6.04 Å². The van der Waals surface area contributed by atoms with Gasteiger partial charge in [0.05, 0.1) is 5.56 Å². The smallest absolute Gasteiger partial charge is 0.262 e. The third-order valence-corrected chi connectivity index (χ3v) is 9.03. The summed E-state index contributed by atoms with van der Waals surface area (Å²) < 4.78 is 6.05. The van der Waals surface area contributed by atoms with E-state index in [1.165, 1.54) is 46.0 Å². The number of piperidine rings is 1. The number of benzene rings is 2. The Hall–Kier alpha value is -3.53. The maximum atomic E-state index is 13.7. The van der Waals surface area contributed by atoms with E-state index in [9.17, 15) is 9.59 Å². The van der Waals surface area contributed by atoms with E-state index < -0.39 is 6.04 Å². The van der Waals surface area contributed by atoms with Crippen molar-refractivity contribution in [3.8, 4) is 15.5 Å². The molecular weight excluding hydrogens is 516 g/mol. The molecule has 7 nitrogen and oxygen atoms in total. The van der Waals surface area contributed by atoms with Gasteiger partial charge in [-0.25, -0.2) is 4.98 Å². The monoisotopic (exact) mass is 544 g/mol. The van der Waals surface area contributed by atoms with E-state index in [4.69, 9.17) is 4.74 Å². The lowest BCUT2D eigenvalue weighted by Crippen LogP contribution is -2.45. The number of carbonyl (C=O) groups excluding carboxylic acids is 2. The summed E-state index contributed by atoms with van der Waals surface area (Å²) in [7, 11) is 2.18. The van der Waals surface area contributed by atoms with Gasteiger partial charge in [-0.15, -0.1) is 11.3 Å². The molecule has 2 aliphatic rings. The Morgan fingerprint density at radius 1 is 1.11 bits per heavy atom. The standard InChI is InChI=1S/C29H28N4O3S2/c1-32-14-11-20(12-15-32)19-7-9-21(10-8-19)24-17-23-27(35)33(18-36-28(23)38-24)25(22-5-3-2-4-6-22)26(34)31-29-30-13-16-37-29/h2-10,13,16-17,20,25H,11-12,14-15,18H2,1H3,(H,30,31,34). The fourth-order valence-corrected chi connectivity index (χ4v) is 6.66. The van der Waals surface area contributed by atoms with Crippen molar-refractivity contribution in [2.24, 2.45) is 0 Å². The van der Waals surface area contributed by atoms with Gasteiger partial charge in [-0.05, 0) is 61.7 Å². The van der Waals surface area contributed by atoms with Crippen molar-refractivity contribution in [3.05, 3.63) is 88.9 Å². The first-order chi connectivity index (χ1) is 18.6. The third-order valence-electron chi connectivity index (χ3n) is 7.25. The van der Waals surface area contributed by atoms with Gasteiger partial charge in [-0.1, -0.05) is 65.9 Å². The minimum absolute atomic E-state index is 0.00823. The zero-order valence-corrected chi connectivity index (χ0v) is 22.6. The second kappa shape index (κ2) is 10.7. The first-order valence-electron chi connectivity index (χ1n) is 12.7. The molecule has 2 amide bonds. The van der Waals surface area contributed by atoms with Gasteiger partial charge in [0.2, 0.25) is 0 Å². The number of anilines is 1. The highest BCUT2D eigenvalue weighted by molar-refractivity contribution is 7.17. The summed E-state index contributed by atoms with van der Waals surface area (Å²) in [6, 6.07) is 19.0. The Kier molecular flexibility index (Phi) is 6.97. The Bertz CT molecular complexity index is 1410. The molecule has 1 saturated heterocycles. The summed E-state index contributed by atoms with van der Waals surface area (Å²) in [5, 5.41) is 5.72. The van der Waals surface area contributed by atoms with Crippen LogP contribution in [0.1, 0.15) is 46.3 Å². The number of thiazole rings is 1. The lowest BCUT2D eigenvalue weighted by atomic mass is 9.89. The van der Waals surface area contributed by atoms with Crippen LogP contribution < -0.4 is 10.1 Å². The Balaban J connectivity index is 1.24. The highest BCUT2D eigenvalue weighted by Crippen LogP contribution is 2.42. The first kappa shape index (κ1) is 24.8. The molecule has 1 unspecified atom stereocenters. The van der Waals surface area contributed by atoms with Crippen molar-refractivity contribution in [3.63, 3.8) is 0 Å². The molecule has 4 aromatic rings. The fourth-order valence-electron chi connectivity index (χ4n) is 5.13. The molecule has 2 aliphatic heterocycles. The lowest BCUT2D eigenvalue weighted by Gasteiger charge is -2.33. The number of amides is 2. The average molecular weight is 545 g/mol. The van der Waals surface area contributed by atoms with E-state index in [1.807, 2.05) is 36.4 Å². The summed E-state index contributed by atoms with van der Waals surface area (Å²) in [5.41, 5.74) is 3.63. The largest absolute Gasteiger partial charge is 0.463 e. The molecule has 4 heterocycles. The van der Waals surface area contributed by atoms with Crippen LogP contribution in [0.25, 0.3) is 10.4 Å². The van der Waals surface area contributed by atoms with E-state index in [0.29, 0.717) is 27.2 Å². The summed E-state index contributed by atoms with van der Waals surface area (Å²) >= 11 is 2.80. The van der Waals surface area contributed by atoms with Crippen LogP contribution in [0, 0.1) is 0 Å². The quantitative estimate of drug-likeness (QED) is 0.330. The van der Waals surface area contributed by atoms with E-state index in [1.54, 1.807) is 11.6 Å². The average Bonchev–Trinajstić information content (AvgIpc) is 3.62. The lowest BCUT2D eigenvalue weighted by molar-refractivity contribution is -0.122. The predicted molar refractivity (Wildman–Crippen MR) is 151 cm³/mol. The molecule has 2 aromatic carbocycles. The minimum Gasteiger partial charge on any atom is -0.463 e. The molecule has 0 bridgehead atoms. The molecule has 0 spiro atoms. The van der Waals surface area contributed by atoms with Crippen molar-refractivity contribution >= 4 is 39.6 Å². The number of hydrogen-bond acceptors (Lipinski definition) is 7. The normalized spacial score (nSPS) is 17.1. The number of thiophene rings is 1. The molecule has 9 heteroatoms. The third kappa shape index (κ3) is 4.97. The molecule has 1 atom stereocenters. The molecule has 0 aliphatic carbocycles. The summed E-state index contributed by atoms with van der Waals surface area (Å²) in [5.74, 6) is 0.0482. The maximum Gasteiger partial charge on any atom is 0.262 e. The Labute approximate surface area is 229 Å². The number of nitrogens with one attached hydrogen (secondary N) is 1. The Morgan fingerprint density at radius 2 is 1.87 bits per heavy atom. The number of aromatic nitrogens is 1. The summed E-state index contributed by atoms with van der Waals surface area (Å²) in [6.45, 7) is 2.25. The van der Waals surface area contributed by atoms with Crippen LogP contribution in [0.2, 0.25) is 0 Å². The highest BCUT2D eigenvalue weighted by atomic mass is 32.1. The van der Waals surface area contributed by atoms with Gasteiger partial charge in [-0.2, -0.15) is 0 Å². The van der Waals surface area contributed by atoms with Gasteiger partial charge in [0, 0.05) is 16.5 Å². The molecule has 0 saturated carbocycles. The number of nitrogens with zero attached hydrogens (tertiary/aromatic N) is 3. The maximum absolute atomic E-state index is 13.7. The molecule has 194 valence electrons. The van der Waals surface area contributed by atoms with Crippen LogP contribution >= 0.6 is 22.7 Å². The van der Waals surface area contributed by atoms with Crippen molar-refractivity contribution in [1.82, 2.24) is 14.8 Å². The summed E-state index contributed by atoms with van der Waals surface area (Å²) in [6.07, 6.45) is 3.99. The molecule has 0 radical (unpaired) electrons. The van der Waals surface area contributed by atoms with Crippen LogP contribution in [0.5, 0.6) is 5.06 Å². The molecule has 1 fully saturated rings. The van der Waals surface area contributed by atoms with Crippen LogP contribution in [-0.2, 0) is 4.79 Å². The van der Waals surface area contributed by atoms with Gasteiger partial charge < -0.3 is 9.64 Å². The summed E-state index contributed by atoms with van der Waals surface area (Å²) in [4.78, 5) is 36.1. The van der Waals surface area contributed by atoms with Crippen molar-refractivity contribution in [2.45, 2.75) is 24.8 Å². The van der Waals surface area contributed by atoms with Crippen LogP contribution in [0.3, 0.4) is 0 Å². The Morgan fingerprint density at radius 3 is 2.58 bits per heavy atom. The van der Waals surface area contributed by atoms with E-state index in [0.717, 1.165) is 23.5 Å². The fraction of sp³-hybridized carbons (Fsp3) is 0.276. The number of likely N-dealkylation sites (tertiary alicyclic amines) is 1. The number of ether oxygens (including phenoxy) is 1. The minimum atomic E-state index is -0.849. The molecule has 2 aromatic heterocycles. The zero-order valence-electron chi connectivity index (χ0n) is 21.0. The van der Waals surface area contributed by atoms with Crippen LogP contribution in [0.4, 0.5) is 5.13 Å². The van der Waals surface area contributed by atoms with E-state index in [2.05, 4.69) is 46.5 Å². The van der Waals surface area contributed by atoms with Crippen molar-refractivity contribution < 1.29 is 14.3 Å². The molecule has 6 rings (SSSR count). The number of rotatable bonds is 6. The number of carbonyl (C=O) groups is 2. The van der Waals surface area contributed by atoms with E-state index in [-0.39, 0.29) is 18.5 Å². The van der Waals surface area contributed by atoms with Crippen molar-refractivity contribution in [2.75, 3.05) is 32.2 Å². The van der Waals surface area contributed by atoms with Gasteiger partial charge in [0.15, 0.2) is 16.9 Å². The molecule has 1 N–H and O–H groups in total. The zero-order chi connectivity index (χ0) is 26.1. The first-order valence-corrected chi connectivity index (χ1v) is 14.4. The molecule has 38 heavy (non-hydrogen) atoms. The molecular formula is C29H28N4O3S2. The number of hydrogen-bond donors (Lipinski definition) is 1. The predicted octanol–water partition coefficient (Wildman–Crippen LogP) is 5.85. The van der Waals surface area contributed by atoms with Gasteiger partial charge in [-0.3, -0.25) is 19.8 Å². The second-order valence-electron chi connectivity index (χ2n) is 9.70. The van der Waals surface area contributed by atoms with Gasteiger partial charge >= 0.3 is 0 Å². The SMILES string of the molecule is CN1CCC(c2ccc(-c3cc4c(s3)OCN(C(C(=O)Nc3nccs3)c3ccccc3)C4=O)cc2)CC1. The highest BCUT2D eigenvalue weighted by Gasteiger charge is 2.38. The van der Waals surface area contributed by atoms with Crippen molar-refractivity contribution in [1.29, 1.82) is 0 Å².